The molecule has 2 fully saturated rings. The number of carbonyl (C=O) groups excluding carboxylic acids is 1. The average molecular weight is 233 g/mol. The summed E-state index contributed by atoms with van der Waals surface area (Å²) in [6.45, 7) is 1.76. The van der Waals surface area contributed by atoms with E-state index in [4.69, 9.17) is 9.47 Å². The molecule has 0 saturated carbocycles. The van der Waals surface area contributed by atoms with E-state index in [1.807, 2.05) is 30.3 Å². The number of carbonyl (C=O) groups is 1. The summed E-state index contributed by atoms with van der Waals surface area (Å²) in [5.41, 5.74) is 1.01. The van der Waals surface area contributed by atoms with Gasteiger partial charge >= 0.3 is 6.09 Å². The molecule has 0 unspecified atom stereocenters. The van der Waals surface area contributed by atoms with Crippen LogP contribution in [0.25, 0.3) is 0 Å². The number of rotatable bonds is 2. The van der Waals surface area contributed by atoms with E-state index in [-0.39, 0.29) is 12.2 Å². The second-order valence-electron chi connectivity index (χ2n) is 4.49. The summed E-state index contributed by atoms with van der Waals surface area (Å²) in [5.74, 6) is 0. The van der Waals surface area contributed by atoms with E-state index in [0.29, 0.717) is 19.3 Å². The highest BCUT2D eigenvalue weighted by Crippen LogP contribution is 2.30. The Bertz CT molecular complexity index is 406. The van der Waals surface area contributed by atoms with Crippen molar-refractivity contribution in [2.24, 2.45) is 0 Å². The Labute approximate surface area is 100 Å². The van der Waals surface area contributed by atoms with E-state index in [0.717, 1.165) is 18.5 Å². The zero-order chi connectivity index (χ0) is 11.7. The second-order valence-corrected chi connectivity index (χ2v) is 4.49. The van der Waals surface area contributed by atoms with Gasteiger partial charge in [0, 0.05) is 6.54 Å². The van der Waals surface area contributed by atoms with E-state index >= 15 is 0 Å². The van der Waals surface area contributed by atoms with E-state index in [1.165, 1.54) is 0 Å². The zero-order valence-electron chi connectivity index (χ0n) is 9.54. The van der Waals surface area contributed by atoms with E-state index in [1.54, 1.807) is 4.90 Å². The Morgan fingerprint density at radius 2 is 2.18 bits per heavy atom. The molecule has 1 amide bonds. The van der Waals surface area contributed by atoms with Gasteiger partial charge in [-0.3, -0.25) is 0 Å². The van der Waals surface area contributed by atoms with Crippen LogP contribution in [0.2, 0.25) is 0 Å². The van der Waals surface area contributed by atoms with Crippen LogP contribution in [0, 0.1) is 0 Å². The number of hydrogen-bond acceptors (Lipinski definition) is 3. The molecule has 0 spiro atoms. The van der Waals surface area contributed by atoms with Crippen molar-refractivity contribution in [3.05, 3.63) is 35.9 Å². The Balaban J connectivity index is 1.50. The fourth-order valence-electron chi connectivity index (χ4n) is 2.16. The van der Waals surface area contributed by atoms with Crippen LogP contribution in [0.5, 0.6) is 0 Å². The number of ether oxygens (including phenoxy) is 2. The highest BCUT2D eigenvalue weighted by Gasteiger charge is 2.44. The third-order valence-electron chi connectivity index (χ3n) is 3.23. The second kappa shape index (κ2) is 4.37. The van der Waals surface area contributed by atoms with Crippen molar-refractivity contribution in [1.82, 2.24) is 4.90 Å². The molecule has 2 saturated heterocycles. The van der Waals surface area contributed by atoms with Crippen molar-refractivity contribution in [3.63, 3.8) is 0 Å². The summed E-state index contributed by atoms with van der Waals surface area (Å²) in [5, 5.41) is 0. The first-order valence-electron chi connectivity index (χ1n) is 5.94. The molecular formula is C13H15NO3. The molecule has 90 valence electrons. The van der Waals surface area contributed by atoms with E-state index in [9.17, 15) is 4.79 Å². The van der Waals surface area contributed by atoms with E-state index in [2.05, 4.69) is 0 Å². The SMILES string of the molecule is O=C(OCc1ccccc1)N1CC[C@@H]2O[C@@H]2C1. The lowest BCUT2D eigenvalue weighted by Gasteiger charge is -2.23. The first kappa shape index (κ1) is 10.6. The summed E-state index contributed by atoms with van der Waals surface area (Å²) in [6, 6.07) is 9.72. The van der Waals surface area contributed by atoms with Gasteiger partial charge in [-0.2, -0.15) is 0 Å². The number of nitrogens with zero attached hydrogens (tertiary/aromatic N) is 1. The Morgan fingerprint density at radius 3 is 2.94 bits per heavy atom. The fourth-order valence-corrected chi connectivity index (χ4v) is 2.16. The topological polar surface area (TPSA) is 42.1 Å². The van der Waals surface area contributed by atoms with Gasteiger partial charge in [-0.25, -0.2) is 4.79 Å². The summed E-state index contributed by atoms with van der Waals surface area (Å²) in [6.07, 6.45) is 1.36. The quantitative estimate of drug-likeness (QED) is 0.731. The number of epoxide rings is 1. The zero-order valence-corrected chi connectivity index (χ0v) is 9.54. The number of benzene rings is 1. The van der Waals surface area contributed by atoms with Gasteiger partial charge in [-0.1, -0.05) is 30.3 Å². The molecular weight excluding hydrogens is 218 g/mol. The molecule has 2 aliphatic heterocycles. The van der Waals surface area contributed by atoms with Gasteiger partial charge in [0.05, 0.1) is 12.6 Å². The molecule has 1 aromatic rings. The molecule has 2 atom stereocenters. The molecule has 1 aromatic carbocycles. The van der Waals surface area contributed by atoms with Crippen LogP contribution < -0.4 is 0 Å². The molecule has 0 radical (unpaired) electrons. The van der Waals surface area contributed by atoms with Gasteiger partial charge in [0.2, 0.25) is 0 Å². The highest BCUT2D eigenvalue weighted by atomic mass is 16.6. The third kappa shape index (κ3) is 2.42. The van der Waals surface area contributed by atoms with Crippen molar-refractivity contribution in [1.29, 1.82) is 0 Å². The van der Waals surface area contributed by atoms with Crippen molar-refractivity contribution >= 4 is 6.09 Å². The van der Waals surface area contributed by atoms with Crippen LogP contribution in [0.15, 0.2) is 30.3 Å². The van der Waals surface area contributed by atoms with Crippen molar-refractivity contribution < 1.29 is 14.3 Å². The summed E-state index contributed by atoms with van der Waals surface area (Å²) >= 11 is 0. The highest BCUT2D eigenvalue weighted by molar-refractivity contribution is 5.68. The smallest absolute Gasteiger partial charge is 0.410 e. The van der Waals surface area contributed by atoms with Gasteiger partial charge in [0.1, 0.15) is 12.7 Å². The third-order valence-corrected chi connectivity index (χ3v) is 3.23. The van der Waals surface area contributed by atoms with Crippen molar-refractivity contribution in [3.8, 4) is 0 Å². The van der Waals surface area contributed by atoms with Crippen LogP contribution in [-0.2, 0) is 16.1 Å². The number of likely N-dealkylation sites (tertiary alicyclic amines) is 1. The van der Waals surface area contributed by atoms with Gasteiger partial charge in [0.25, 0.3) is 0 Å². The molecule has 0 bridgehead atoms. The predicted octanol–water partition coefficient (Wildman–Crippen LogP) is 1.80. The van der Waals surface area contributed by atoms with Crippen molar-refractivity contribution in [2.45, 2.75) is 25.2 Å². The molecule has 3 rings (SSSR count). The van der Waals surface area contributed by atoms with Gasteiger partial charge in [0.15, 0.2) is 0 Å². The fraction of sp³-hybridized carbons (Fsp3) is 0.462. The normalized spacial score (nSPS) is 26.2. The molecule has 0 aromatic heterocycles. The maximum absolute atomic E-state index is 11.8. The lowest BCUT2D eigenvalue weighted by molar-refractivity contribution is 0.0921. The van der Waals surface area contributed by atoms with Gasteiger partial charge < -0.3 is 14.4 Å². The molecule has 4 nitrogen and oxygen atoms in total. The maximum Gasteiger partial charge on any atom is 0.410 e. The Morgan fingerprint density at radius 1 is 1.35 bits per heavy atom. The van der Waals surface area contributed by atoms with Crippen LogP contribution in [-0.4, -0.2) is 36.3 Å². The number of hydrogen-bond donors (Lipinski definition) is 0. The Kier molecular flexibility index (Phi) is 2.73. The Hall–Kier alpha value is -1.55. The van der Waals surface area contributed by atoms with Crippen LogP contribution in [0.1, 0.15) is 12.0 Å². The minimum atomic E-state index is -0.234. The van der Waals surface area contributed by atoms with Crippen LogP contribution in [0.3, 0.4) is 0 Å². The van der Waals surface area contributed by atoms with E-state index < -0.39 is 0 Å². The number of amides is 1. The molecule has 0 aliphatic carbocycles. The largest absolute Gasteiger partial charge is 0.445 e. The molecule has 2 aliphatic rings. The van der Waals surface area contributed by atoms with Crippen molar-refractivity contribution in [2.75, 3.05) is 13.1 Å². The standard InChI is InChI=1S/C13H15NO3/c15-13(14-7-6-11-12(8-14)17-11)16-9-10-4-2-1-3-5-10/h1-5,11-12H,6-9H2/t11-,12+/m0/s1. The maximum atomic E-state index is 11.8. The summed E-state index contributed by atoms with van der Waals surface area (Å²) in [7, 11) is 0. The summed E-state index contributed by atoms with van der Waals surface area (Å²) < 4.78 is 10.6. The molecule has 2 heterocycles. The van der Waals surface area contributed by atoms with Gasteiger partial charge in [-0.05, 0) is 12.0 Å². The molecule has 17 heavy (non-hydrogen) atoms. The molecule has 4 heteroatoms. The summed E-state index contributed by atoms with van der Waals surface area (Å²) in [4.78, 5) is 13.5. The lowest BCUT2D eigenvalue weighted by atomic mass is 10.1. The first-order chi connectivity index (χ1) is 8.33. The van der Waals surface area contributed by atoms with Gasteiger partial charge in [-0.15, -0.1) is 0 Å². The minimum Gasteiger partial charge on any atom is -0.445 e. The predicted molar refractivity (Wildman–Crippen MR) is 61.5 cm³/mol. The van der Waals surface area contributed by atoms with Crippen LogP contribution >= 0.6 is 0 Å². The minimum absolute atomic E-state index is 0.234. The first-order valence-corrected chi connectivity index (χ1v) is 5.94. The monoisotopic (exact) mass is 233 g/mol. The molecule has 0 N–H and O–H groups in total. The number of piperidine rings is 1. The number of fused-ring (bicyclic) bond motifs is 1. The average Bonchev–Trinajstić information content (AvgIpc) is 3.15. The lowest BCUT2D eigenvalue weighted by Crippen LogP contribution is -2.39. The van der Waals surface area contributed by atoms with Crippen LogP contribution in [0.4, 0.5) is 4.79 Å².